The van der Waals surface area contributed by atoms with E-state index in [1.165, 1.54) is 11.3 Å². The minimum atomic E-state index is 0.0118. The summed E-state index contributed by atoms with van der Waals surface area (Å²) < 4.78 is 0. The van der Waals surface area contributed by atoms with Crippen molar-refractivity contribution in [2.45, 2.75) is 32.2 Å². The molecule has 2 aromatic rings. The molecule has 1 unspecified atom stereocenters. The Morgan fingerprint density at radius 2 is 1.89 bits per heavy atom. The Hall–Kier alpha value is -2.40. The predicted molar refractivity (Wildman–Crippen MR) is 111 cm³/mol. The molecule has 27 heavy (non-hydrogen) atoms. The van der Waals surface area contributed by atoms with Crippen molar-refractivity contribution in [1.82, 2.24) is 9.80 Å². The summed E-state index contributed by atoms with van der Waals surface area (Å²) in [4.78, 5) is 30.2. The van der Waals surface area contributed by atoms with Gasteiger partial charge in [-0.15, -0.1) is 11.3 Å². The molecular weight excluding hydrogens is 356 g/mol. The molecule has 0 aliphatic carbocycles. The lowest BCUT2D eigenvalue weighted by Crippen LogP contribution is -2.36. The Balaban J connectivity index is 1.72. The average Bonchev–Trinajstić information content (AvgIpc) is 3.34. The third kappa shape index (κ3) is 4.30. The number of benzene rings is 1. The van der Waals surface area contributed by atoms with E-state index in [-0.39, 0.29) is 17.9 Å². The van der Waals surface area contributed by atoms with Crippen molar-refractivity contribution in [2.75, 3.05) is 20.6 Å². The van der Waals surface area contributed by atoms with Gasteiger partial charge in [0.05, 0.1) is 10.9 Å². The average molecular weight is 383 g/mol. The zero-order valence-corrected chi connectivity index (χ0v) is 17.0. The highest BCUT2D eigenvalue weighted by Crippen LogP contribution is 2.29. The van der Waals surface area contributed by atoms with Crippen LogP contribution in [0.3, 0.4) is 0 Å². The van der Waals surface area contributed by atoms with Crippen LogP contribution in [-0.4, -0.2) is 48.3 Å². The molecule has 0 fully saturated rings. The van der Waals surface area contributed by atoms with Gasteiger partial charge in [-0.2, -0.15) is 0 Å². The quantitative estimate of drug-likeness (QED) is 0.680. The first-order chi connectivity index (χ1) is 13.0. The molecular formula is C22H26N2O2S. The smallest absolute Gasteiger partial charge is 0.263 e. The Bertz CT molecular complexity index is 836. The number of unbranched alkanes of at least 4 members (excludes halogenated alkanes) is 1. The van der Waals surface area contributed by atoms with Crippen molar-refractivity contribution < 1.29 is 9.59 Å². The Kier molecular flexibility index (Phi) is 6.11. The second kappa shape index (κ2) is 8.53. The van der Waals surface area contributed by atoms with Crippen LogP contribution >= 0.6 is 11.3 Å². The van der Waals surface area contributed by atoms with E-state index >= 15 is 0 Å². The van der Waals surface area contributed by atoms with Gasteiger partial charge in [-0.25, -0.2) is 0 Å². The van der Waals surface area contributed by atoms with E-state index in [4.69, 9.17) is 0 Å². The van der Waals surface area contributed by atoms with Gasteiger partial charge in [0.15, 0.2) is 0 Å². The van der Waals surface area contributed by atoms with Crippen LogP contribution in [0.25, 0.3) is 10.4 Å². The van der Waals surface area contributed by atoms with Gasteiger partial charge in [0, 0.05) is 31.1 Å². The number of hydrogen-bond donors (Lipinski definition) is 0. The van der Waals surface area contributed by atoms with Crippen LogP contribution in [0.2, 0.25) is 0 Å². The van der Waals surface area contributed by atoms with Crippen molar-refractivity contribution >= 4 is 23.2 Å². The van der Waals surface area contributed by atoms with Crippen molar-refractivity contribution in [3.8, 4) is 10.4 Å². The standard InChI is InChI=1S/C22H26N2O2S/c1-4-5-7-18-8-6-15-24(18)21(25)17-11-9-16(10-12-17)19-13-14-20(27-19)22(26)23(2)3/h6,8-14,18H,4-5,7,15H2,1-3H3. The summed E-state index contributed by atoms with van der Waals surface area (Å²) in [5, 5.41) is 0. The molecule has 1 aromatic carbocycles. The van der Waals surface area contributed by atoms with Crippen molar-refractivity contribution in [1.29, 1.82) is 0 Å². The lowest BCUT2D eigenvalue weighted by atomic mass is 10.1. The highest BCUT2D eigenvalue weighted by atomic mass is 32.1. The van der Waals surface area contributed by atoms with Gasteiger partial charge in [0.25, 0.3) is 11.8 Å². The molecule has 3 rings (SSSR count). The molecule has 5 heteroatoms. The topological polar surface area (TPSA) is 40.6 Å². The molecule has 1 aliphatic heterocycles. The molecule has 0 radical (unpaired) electrons. The molecule has 142 valence electrons. The second-order valence-corrected chi connectivity index (χ2v) is 8.12. The van der Waals surface area contributed by atoms with Crippen LogP contribution in [-0.2, 0) is 0 Å². The third-order valence-electron chi connectivity index (χ3n) is 4.81. The largest absolute Gasteiger partial charge is 0.344 e. The summed E-state index contributed by atoms with van der Waals surface area (Å²) in [6.07, 6.45) is 7.53. The van der Waals surface area contributed by atoms with Gasteiger partial charge >= 0.3 is 0 Å². The predicted octanol–water partition coefficient (Wildman–Crippen LogP) is 4.69. The van der Waals surface area contributed by atoms with Crippen molar-refractivity contribution in [3.63, 3.8) is 0 Å². The van der Waals surface area contributed by atoms with E-state index in [1.54, 1.807) is 19.0 Å². The summed E-state index contributed by atoms with van der Waals surface area (Å²) in [6.45, 7) is 2.86. The van der Waals surface area contributed by atoms with Gasteiger partial charge in [-0.1, -0.05) is 44.1 Å². The van der Waals surface area contributed by atoms with Gasteiger partial charge in [-0.3, -0.25) is 9.59 Å². The van der Waals surface area contributed by atoms with Crippen LogP contribution in [0.15, 0.2) is 48.6 Å². The fraction of sp³-hybridized carbons (Fsp3) is 0.364. The monoisotopic (exact) mass is 382 g/mol. The Morgan fingerprint density at radius 1 is 1.15 bits per heavy atom. The van der Waals surface area contributed by atoms with Crippen LogP contribution in [0.5, 0.6) is 0 Å². The van der Waals surface area contributed by atoms with E-state index < -0.39 is 0 Å². The van der Waals surface area contributed by atoms with E-state index in [9.17, 15) is 9.59 Å². The first-order valence-corrected chi connectivity index (χ1v) is 10.2. The van der Waals surface area contributed by atoms with Gasteiger partial charge in [0.2, 0.25) is 0 Å². The van der Waals surface area contributed by atoms with Crippen molar-refractivity contribution in [2.24, 2.45) is 0 Å². The summed E-state index contributed by atoms with van der Waals surface area (Å²) in [7, 11) is 3.51. The van der Waals surface area contributed by atoms with Gasteiger partial charge in [0.1, 0.15) is 0 Å². The Labute approximate surface area is 165 Å². The third-order valence-corrected chi connectivity index (χ3v) is 5.94. The summed E-state index contributed by atoms with van der Waals surface area (Å²) in [5.41, 5.74) is 1.74. The van der Waals surface area contributed by atoms with Crippen LogP contribution < -0.4 is 0 Å². The first kappa shape index (κ1) is 19.4. The van der Waals surface area contributed by atoms with Crippen molar-refractivity contribution in [3.05, 3.63) is 59.0 Å². The number of hydrogen-bond acceptors (Lipinski definition) is 3. The molecule has 0 saturated heterocycles. The lowest BCUT2D eigenvalue weighted by Gasteiger charge is -2.24. The Morgan fingerprint density at radius 3 is 2.56 bits per heavy atom. The molecule has 0 saturated carbocycles. The maximum Gasteiger partial charge on any atom is 0.263 e. The number of amides is 2. The van der Waals surface area contributed by atoms with E-state index in [0.717, 1.165) is 34.6 Å². The fourth-order valence-corrected chi connectivity index (χ4v) is 4.27. The van der Waals surface area contributed by atoms with Crippen LogP contribution in [0.4, 0.5) is 0 Å². The van der Waals surface area contributed by atoms with Crippen LogP contribution in [0.1, 0.15) is 46.2 Å². The number of thiophene rings is 1. The maximum absolute atomic E-state index is 12.9. The normalized spacial score (nSPS) is 16.0. The first-order valence-electron chi connectivity index (χ1n) is 9.40. The number of carbonyl (C=O) groups is 2. The van der Waals surface area contributed by atoms with E-state index in [0.29, 0.717) is 12.1 Å². The molecule has 4 nitrogen and oxygen atoms in total. The molecule has 0 N–H and O–H groups in total. The minimum Gasteiger partial charge on any atom is -0.344 e. The van der Waals surface area contributed by atoms with Crippen LogP contribution in [0, 0.1) is 0 Å². The molecule has 2 amide bonds. The van der Waals surface area contributed by atoms with E-state index in [1.807, 2.05) is 41.3 Å². The second-order valence-electron chi connectivity index (χ2n) is 7.04. The summed E-state index contributed by atoms with van der Waals surface area (Å²) in [5.74, 6) is 0.0972. The molecule has 2 heterocycles. The highest BCUT2D eigenvalue weighted by molar-refractivity contribution is 7.17. The SMILES string of the molecule is CCCCC1C=CCN1C(=O)c1ccc(-c2ccc(C(=O)N(C)C)s2)cc1. The molecule has 0 spiro atoms. The molecule has 0 bridgehead atoms. The molecule has 1 aromatic heterocycles. The zero-order valence-electron chi connectivity index (χ0n) is 16.1. The van der Waals surface area contributed by atoms with Gasteiger partial charge < -0.3 is 9.80 Å². The number of rotatable bonds is 6. The minimum absolute atomic E-state index is 0.0118. The molecule has 1 aliphatic rings. The highest BCUT2D eigenvalue weighted by Gasteiger charge is 2.25. The number of nitrogens with zero attached hydrogens (tertiary/aromatic N) is 2. The zero-order chi connectivity index (χ0) is 19.4. The summed E-state index contributed by atoms with van der Waals surface area (Å²) >= 11 is 1.47. The summed E-state index contributed by atoms with van der Waals surface area (Å²) in [6, 6.07) is 11.7. The fourth-order valence-electron chi connectivity index (χ4n) is 3.24. The number of carbonyl (C=O) groups excluding carboxylic acids is 2. The van der Waals surface area contributed by atoms with E-state index in [2.05, 4.69) is 19.1 Å². The lowest BCUT2D eigenvalue weighted by molar-refractivity contribution is 0.0743. The maximum atomic E-state index is 12.9. The molecule has 1 atom stereocenters. The van der Waals surface area contributed by atoms with Gasteiger partial charge in [-0.05, 0) is 36.2 Å².